The number of methoxy groups -OCH3 is 1. The molecule has 0 saturated carbocycles. The highest BCUT2D eigenvalue weighted by Gasteiger charge is 2.44. The summed E-state index contributed by atoms with van der Waals surface area (Å²) in [4.78, 5) is 34.8. The Balaban J connectivity index is 1.89. The minimum absolute atomic E-state index is 0.168. The molecular weight excluding hydrogens is 563 g/mol. The van der Waals surface area contributed by atoms with Crippen LogP contribution in [0.1, 0.15) is 20.8 Å². The van der Waals surface area contributed by atoms with Crippen LogP contribution in [-0.2, 0) is 36.3 Å². The molecule has 0 radical (unpaired) electrons. The molecule has 3 unspecified atom stereocenters. The molecule has 216 valence electrons. The summed E-state index contributed by atoms with van der Waals surface area (Å²) in [6, 6.07) is 7.60. The number of carbonyl (C=O) groups excluding carboxylic acids is 1. The van der Waals surface area contributed by atoms with Crippen LogP contribution in [0, 0.1) is 12.3 Å². The van der Waals surface area contributed by atoms with Gasteiger partial charge in [0.15, 0.2) is 11.2 Å². The number of nitrogens with zero attached hydrogens (tertiary/aromatic N) is 3. The molecule has 1 aromatic carbocycles. The number of ether oxygens (including phenoxy) is 2. The first-order chi connectivity index (χ1) is 18.8. The lowest BCUT2D eigenvalue weighted by Crippen LogP contribution is -2.52. The van der Waals surface area contributed by atoms with E-state index in [1.807, 2.05) is 0 Å². The molecule has 5 atom stereocenters. The van der Waals surface area contributed by atoms with Crippen molar-refractivity contribution < 1.29 is 33.5 Å². The van der Waals surface area contributed by atoms with Gasteiger partial charge in [-0.25, -0.2) is 10.1 Å². The van der Waals surface area contributed by atoms with Gasteiger partial charge >= 0.3 is 12.6 Å². The molecule has 0 saturated heterocycles. The molecule has 3 aromatic rings. The maximum absolute atomic E-state index is 12.5. The number of aliphatic hydroxyl groups excluding tert-OH is 1. The van der Waals surface area contributed by atoms with Gasteiger partial charge < -0.3 is 34.5 Å². The molecule has 6 N–H and O–H groups in total. The Morgan fingerprint density at radius 2 is 2.02 bits per heavy atom. The largest absolute Gasteiger partial charge is 0.462 e. The number of H-pyrrole nitrogens is 1. The number of anilines is 1. The van der Waals surface area contributed by atoms with Crippen LogP contribution in [0.5, 0.6) is 5.75 Å². The Kier molecular flexibility index (Phi) is 10.0. The minimum atomic E-state index is -3.51. The third-order valence-electron chi connectivity index (χ3n) is 5.51. The first kappa shape index (κ1) is 31.2. The van der Waals surface area contributed by atoms with Crippen LogP contribution in [0.4, 0.5) is 5.95 Å². The quantitative estimate of drug-likeness (QED) is 0.105. The number of rotatable bonds is 13. The van der Waals surface area contributed by atoms with E-state index in [1.165, 1.54) is 14.0 Å². The number of nitrogens with two attached hydrogens (primary N) is 1. The number of imidazole rings is 1. The van der Waals surface area contributed by atoms with E-state index in [2.05, 4.69) is 26.0 Å². The number of aromatic nitrogens is 4. The van der Waals surface area contributed by atoms with E-state index in [9.17, 15) is 19.8 Å². The highest BCUT2D eigenvalue weighted by Crippen LogP contribution is 2.46. The average molecular weight is 595 g/mol. The lowest BCUT2D eigenvalue weighted by Gasteiger charge is -2.34. The highest BCUT2D eigenvalue weighted by atomic mass is 32.5. The van der Waals surface area contributed by atoms with Gasteiger partial charge in [0.2, 0.25) is 11.7 Å². The fourth-order valence-corrected chi connectivity index (χ4v) is 5.94. The van der Waals surface area contributed by atoms with E-state index in [1.54, 1.807) is 44.2 Å². The molecule has 3 rings (SSSR count). The monoisotopic (exact) mass is 594 g/mol. The number of carbonyl (C=O) groups is 1. The number of hydrogen-bond donors (Lipinski definition) is 5. The molecule has 0 aliphatic rings. The normalized spacial score (nSPS) is 16.9. The Morgan fingerprint density at radius 1 is 1.35 bits per heavy atom. The van der Waals surface area contributed by atoms with Gasteiger partial charge in [0.1, 0.15) is 30.3 Å². The Hall–Kier alpha value is -3.35. The van der Waals surface area contributed by atoms with Crippen molar-refractivity contribution in [2.45, 2.75) is 50.8 Å². The van der Waals surface area contributed by atoms with Crippen LogP contribution in [0.3, 0.4) is 0 Å². The number of hydrogen-bond acceptors (Lipinski definition) is 12. The van der Waals surface area contributed by atoms with Crippen molar-refractivity contribution in [3.8, 4) is 18.1 Å². The number of nitrogen functional groups attached to an aromatic ring is 1. The molecule has 0 fully saturated rings. The fraction of sp³-hybridized carbons (Fsp3) is 0.417. The van der Waals surface area contributed by atoms with Crippen molar-refractivity contribution in [3.05, 3.63) is 47.0 Å². The Bertz CT molecular complexity index is 1480. The third kappa shape index (κ3) is 7.04. The third-order valence-corrected chi connectivity index (χ3v) is 8.01. The molecule has 2 heterocycles. The number of aromatic amines is 1. The van der Waals surface area contributed by atoms with E-state index in [0.29, 0.717) is 5.75 Å². The second-order valence-electron chi connectivity index (χ2n) is 8.86. The predicted molar refractivity (Wildman–Crippen MR) is 150 cm³/mol. The van der Waals surface area contributed by atoms with Crippen LogP contribution in [0.2, 0.25) is 0 Å². The zero-order chi connectivity index (χ0) is 29.7. The Labute approximate surface area is 235 Å². The number of benzene rings is 1. The molecular formula is C24H31N6O8PS. The first-order valence-corrected chi connectivity index (χ1v) is 14.6. The molecule has 14 nitrogen and oxygen atoms in total. The lowest BCUT2D eigenvalue weighted by molar-refractivity contribution is -0.151. The van der Waals surface area contributed by atoms with Crippen molar-refractivity contribution in [1.82, 2.24) is 24.6 Å². The molecule has 16 heteroatoms. The summed E-state index contributed by atoms with van der Waals surface area (Å²) in [6.45, 7) is 0.988. The van der Waals surface area contributed by atoms with Gasteiger partial charge in [-0.2, -0.15) is 4.98 Å². The van der Waals surface area contributed by atoms with E-state index in [4.69, 9.17) is 42.5 Å². The van der Waals surface area contributed by atoms with E-state index < -0.39 is 48.8 Å². The smallest absolute Gasteiger partial charge is 0.323 e. The number of nitrogens with one attached hydrogen (secondary N) is 2. The number of fused-ring (bicyclic) bond motifs is 1. The summed E-state index contributed by atoms with van der Waals surface area (Å²) < 4.78 is 23.4. The fourth-order valence-electron chi connectivity index (χ4n) is 3.53. The van der Waals surface area contributed by atoms with Gasteiger partial charge in [0, 0.05) is 7.11 Å². The topological polar surface area (TPSA) is 196 Å². The standard InChI is InChI=1S/C24H31N6O8PS/c1-6-24(34,30-13-26-18-20(30)27-23(25)28-21(18)32)19(31)17(35-5)12-36-39(40,38-16-10-8-7-9-11-16)29-15(4)22(33)37-14(2)3/h1,7-11,13-15,17,19,31,34H,12H2,2-5H3,(H,29,40)(H3,25,27,28,32)/t15?,17?,19-,24-,39?/m1/s1. The zero-order valence-corrected chi connectivity index (χ0v) is 23.9. The Morgan fingerprint density at radius 3 is 2.62 bits per heavy atom. The molecule has 40 heavy (non-hydrogen) atoms. The van der Waals surface area contributed by atoms with Gasteiger partial charge in [-0.15, -0.1) is 6.42 Å². The van der Waals surface area contributed by atoms with Crippen molar-refractivity contribution in [2.24, 2.45) is 0 Å². The second kappa shape index (κ2) is 12.9. The van der Waals surface area contributed by atoms with E-state index in [0.717, 1.165) is 10.9 Å². The number of terminal acetylenes is 1. The summed E-state index contributed by atoms with van der Waals surface area (Å²) >= 11 is 5.67. The number of esters is 1. The second-order valence-corrected chi connectivity index (χ2v) is 12.0. The molecule has 0 bridgehead atoms. The SMILES string of the molecule is C#C[C@@](O)([C@H](O)C(COP(=S)(NC(C)C(=O)OC(C)C)Oc1ccccc1)OC)n1cnc2c(=O)[nH]c(N)nc21. The molecule has 0 aliphatic heterocycles. The molecule has 0 aliphatic carbocycles. The van der Waals surface area contributed by atoms with Gasteiger partial charge in [-0.1, -0.05) is 18.2 Å². The number of aliphatic hydroxyl groups is 2. The summed E-state index contributed by atoms with van der Waals surface area (Å²) in [5, 5.41) is 25.5. The zero-order valence-electron chi connectivity index (χ0n) is 22.2. The van der Waals surface area contributed by atoms with Crippen LogP contribution in [0.25, 0.3) is 11.2 Å². The van der Waals surface area contributed by atoms with Gasteiger partial charge in [0.05, 0.1) is 12.7 Å². The van der Waals surface area contributed by atoms with Gasteiger partial charge in [-0.05, 0) is 50.6 Å². The van der Waals surface area contributed by atoms with Crippen molar-refractivity contribution in [3.63, 3.8) is 0 Å². The lowest BCUT2D eigenvalue weighted by atomic mass is 10.0. The van der Waals surface area contributed by atoms with Gasteiger partial charge in [0.25, 0.3) is 5.56 Å². The minimum Gasteiger partial charge on any atom is -0.462 e. The maximum atomic E-state index is 12.5. The van der Waals surface area contributed by atoms with Crippen LogP contribution < -0.4 is 20.9 Å². The van der Waals surface area contributed by atoms with Crippen molar-refractivity contribution >= 4 is 41.5 Å². The maximum Gasteiger partial charge on any atom is 0.323 e. The molecule has 2 aromatic heterocycles. The van der Waals surface area contributed by atoms with Crippen molar-refractivity contribution in [1.29, 1.82) is 0 Å². The van der Waals surface area contributed by atoms with E-state index in [-0.39, 0.29) is 23.2 Å². The van der Waals surface area contributed by atoms with Crippen LogP contribution in [0.15, 0.2) is 41.5 Å². The summed E-state index contributed by atoms with van der Waals surface area (Å²) in [6.07, 6.45) is 3.13. The molecule has 0 spiro atoms. The van der Waals surface area contributed by atoms with Gasteiger partial charge in [-0.3, -0.25) is 19.1 Å². The van der Waals surface area contributed by atoms with Crippen LogP contribution in [-0.4, -0.2) is 73.8 Å². The van der Waals surface area contributed by atoms with Crippen LogP contribution >= 0.6 is 6.64 Å². The summed E-state index contributed by atoms with van der Waals surface area (Å²) in [5.41, 5.74) is 2.11. The van der Waals surface area contributed by atoms with Crippen molar-refractivity contribution in [2.75, 3.05) is 19.5 Å². The number of para-hydroxylation sites is 1. The summed E-state index contributed by atoms with van der Waals surface area (Å²) in [5.74, 6) is 1.63. The average Bonchev–Trinajstić information content (AvgIpc) is 3.33. The predicted octanol–water partition coefficient (Wildman–Crippen LogP) is 0.606. The first-order valence-electron chi connectivity index (χ1n) is 12.0. The van der Waals surface area contributed by atoms with E-state index >= 15 is 0 Å². The highest BCUT2D eigenvalue weighted by molar-refractivity contribution is 8.09. The summed E-state index contributed by atoms with van der Waals surface area (Å²) in [7, 11) is 1.25. The molecule has 0 amide bonds.